The van der Waals surface area contributed by atoms with Gasteiger partial charge >= 0.3 is 0 Å². The van der Waals surface area contributed by atoms with Crippen molar-refractivity contribution in [2.45, 2.75) is 11.3 Å². The molecule has 114 valence electrons. The Morgan fingerprint density at radius 1 is 1.09 bits per heavy atom. The molecule has 0 saturated heterocycles. The van der Waals surface area contributed by atoms with E-state index in [-0.39, 0.29) is 5.56 Å². The van der Waals surface area contributed by atoms with Gasteiger partial charge in [-0.05, 0) is 42.3 Å². The lowest BCUT2D eigenvalue weighted by atomic mass is 10.1. The molecule has 1 aliphatic rings. The van der Waals surface area contributed by atoms with Crippen molar-refractivity contribution < 1.29 is 0 Å². The first kappa shape index (κ1) is 14.5. The number of aromatic nitrogens is 2. The summed E-state index contributed by atoms with van der Waals surface area (Å²) in [4.78, 5) is 13.7. The van der Waals surface area contributed by atoms with E-state index in [0.717, 1.165) is 34.7 Å². The summed E-state index contributed by atoms with van der Waals surface area (Å²) in [6, 6.07) is 17.1. The highest BCUT2D eigenvalue weighted by molar-refractivity contribution is 7.99. The average Bonchev–Trinajstić information content (AvgIpc) is 2.74. The van der Waals surface area contributed by atoms with Gasteiger partial charge in [0, 0.05) is 27.3 Å². The van der Waals surface area contributed by atoms with Crippen LogP contribution in [0, 0.1) is 0 Å². The van der Waals surface area contributed by atoms with Crippen LogP contribution in [0.1, 0.15) is 5.56 Å². The highest BCUT2D eigenvalue weighted by atomic mass is 35.5. The van der Waals surface area contributed by atoms with E-state index < -0.39 is 0 Å². The van der Waals surface area contributed by atoms with Gasteiger partial charge in [-0.15, -0.1) is 11.8 Å². The lowest BCUT2D eigenvalue weighted by Crippen LogP contribution is -2.22. The molecule has 5 heteroatoms. The lowest BCUT2D eigenvalue weighted by Gasteiger charge is -2.11. The van der Waals surface area contributed by atoms with Crippen LogP contribution < -0.4 is 5.56 Å². The molecule has 2 aromatic carbocycles. The Balaban J connectivity index is 1.95. The van der Waals surface area contributed by atoms with Gasteiger partial charge in [0.25, 0.3) is 5.56 Å². The fourth-order valence-electron chi connectivity index (χ4n) is 2.74. The number of hydrogen-bond donors (Lipinski definition) is 0. The van der Waals surface area contributed by atoms with E-state index in [4.69, 9.17) is 11.6 Å². The molecule has 0 aliphatic carbocycles. The summed E-state index contributed by atoms with van der Waals surface area (Å²) in [6.07, 6.45) is 0.846. The molecule has 3 aromatic rings. The molecular weight excluding hydrogens is 328 g/mol. The van der Waals surface area contributed by atoms with Crippen molar-refractivity contribution in [1.29, 1.82) is 0 Å². The van der Waals surface area contributed by atoms with Crippen molar-refractivity contribution in [1.82, 2.24) is 9.78 Å². The van der Waals surface area contributed by atoms with Gasteiger partial charge in [0.1, 0.15) is 0 Å². The first-order valence-electron chi connectivity index (χ1n) is 7.34. The molecule has 1 aromatic heterocycles. The Morgan fingerprint density at radius 3 is 2.70 bits per heavy atom. The van der Waals surface area contributed by atoms with Gasteiger partial charge in [0.05, 0.1) is 11.4 Å². The molecule has 0 saturated carbocycles. The Morgan fingerprint density at radius 2 is 1.87 bits per heavy atom. The van der Waals surface area contributed by atoms with E-state index in [0.29, 0.717) is 5.02 Å². The number of thioether (sulfide) groups is 1. The average molecular weight is 341 g/mol. The normalized spacial score (nSPS) is 13.1. The van der Waals surface area contributed by atoms with Crippen LogP contribution in [-0.4, -0.2) is 15.5 Å². The summed E-state index contributed by atoms with van der Waals surface area (Å²) in [5.74, 6) is 0.954. The Bertz CT molecular complexity index is 934. The zero-order chi connectivity index (χ0) is 15.8. The van der Waals surface area contributed by atoms with Gasteiger partial charge in [-0.2, -0.15) is 9.78 Å². The van der Waals surface area contributed by atoms with Gasteiger partial charge in [-0.3, -0.25) is 4.79 Å². The van der Waals surface area contributed by atoms with E-state index in [2.05, 4.69) is 17.2 Å². The SMILES string of the molecule is O=c1cc2c(nn1-c1ccc(Cl)cc1)-c1ccccc1SCC2. The number of aryl methyl sites for hydroxylation is 1. The summed E-state index contributed by atoms with van der Waals surface area (Å²) in [6.45, 7) is 0. The number of rotatable bonds is 1. The summed E-state index contributed by atoms with van der Waals surface area (Å²) in [7, 11) is 0. The zero-order valence-corrected chi connectivity index (χ0v) is 13.8. The molecule has 0 radical (unpaired) electrons. The largest absolute Gasteiger partial charge is 0.271 e. The number of nitrogens with zero attached hydrogens (tertiary/aromatic N) is 2. The monoisotopic (exact) mass is 340 g/mol. The maximum absolute atomic E-state index is 12.5. The molecule has 0 fully saturated rings. The second kappa shape index (κ2) is 5.87. The first-order valence-corrected chi connectivity index (χ1v) is 8.70. The molecule has 0 spiro atoms. The van der Waals surface area contributed by atoms with Crippen LogP contribution in [-0.2, 0) is 6.42 Å². The van der Waals surface area contributed by atoms with E-state index in [1.165, 1.54) is 9.58 Å². The van der Waals surface area contributed by atoms with Gasteiger partial charge < -0.3 is 0 Å². The van der Waals surface area contributed by atoms with Crippen LogP contribution in [0.5, 0.6) is 0 Å². The topological polar surface area (TPSA) is 34.9 Å². The van der Waals surface area contributed by atoms with E-state index in [9.17, 15) is 4.79 Å². The quantitative estimate of drug-likeness (QED) is 0.666. The van der Waals surface area contributed by atoms with Crippen LogP contribution in [0.4, 0.5) is 0 Å². The Labute approximate surface area is 142 Å². The highest BCUT2D eigenvalue weighted by Crippen LogP contribution is 2.35. The van der Waals surface area contributed by atoms with E-state index >= 15 is 0 Å². The smallest absolute Gasteiger partial charge is 0.267 e. The molecule has 0 N–H and O–H groups in total. The molecule has 23 heavy (non-hydrogen) atoms. The predicted octanol–water partition coefficient (Wildman–Crippen LogP) is 4.20. The maximum Gasteiger partial charge on any atom is 0.271 e. The second-order valence-corrected chi connectivity index (χ2v) is 6.91. The summed E-state index contributed by atoms with van der Waals surface area (Å²) < 4.78 is 1.45. The lowest BCUT2D eigenvalue weighted by molar-refractivity contribution is 0.801. The van der Waals surface area contributed by atoms with Gasteiger partial charge in [-0.1, -0.05) is 29.8 Å². The molecular formula is C18H13ClN2OS. The molecule has 4 rings (SSSR count). The Hall–Kier alpha value is -2.04. The minimum atomic E-state index is -0.115. The summed E-state index contributed by atoms with van der Waals surface area (Å²) >= 11 is 7.74. The first-order chi connectivity index (χ1) is 11.2. The minimum Gasteiger partial charge on any atom is -0.267 e. The number of fused-ring (bicyclic) bond motifs is 3. The number of hydrogen-bond acceptors (Lipinski definition) is 3. The number of halogens is 1. The van der Waals surface area contributed by atoms with Gasteiger partial charge in [0.15, 0.2) is 0 Å². The van der Waals surface area contributed by atoms with Crippen LogP contribution in [0.15, 0.2) is 64.3 Å². The van der Waals surface area contributed by atoms with Crippen LogP contribution in [0.25, 0.3) is 16.9 Å². The zero-order valence-electron chi connectivity index (χ0n) is 12.2. The highest BCUT2D eigenvalue weighted by Gasteiger charge is 2.18. The van der Waals surface area contributed by atoms with Gasteiger partial charge in [-0.25, -0.2) is 0 Å². The van der Waals surface area contributed by atoms with E-state index in [1.54, 1.807) is 42.1 Å². The fourth-order valence-corrected chi connectivity index (χ4v) is 3.90. The van der Waals surface area contributed by atoms with Crippen molar-refractivity contribution in [3.05, 3.63) is 75.5 Å². The van der Waals surface area contributed by atoms with Crippen molar-refractivity contribution >= 4 is 23.4 Å². The van der Waals surface area contributed by atoms with Crippen LogP contribution >= 0.6 is 23.4 Å². The molecule has 0 bridgehead atoms. The minimum absolute atomic E-state index is 0.115. The standard InChI is InChI=1S/C18H13ClN2OS/c19-13-5-7-14(8-6-13)21-17(22)11-12-9-10-23-16-4-2-1-3-15(16)18(12)20-21/h1-8,11H,9-10H2. The Kier molecular flexibility index (Phi) is 3.71. The third kappa shape index (κ3) is 2.69. The fraction of sp³-hybridized carbons (Fsp3) is 0.111. The van der Waals surface area contributed by atoms with Crippen molar-refractivity contribution in [3.63, 3.8) is 0 Å². The maximum atomic E-state index is 12.5. The predicted molar refractivity (Wildman–Crippen MR) is 94.7 cm³/mol. The molecule has 0 amide bonds. The molecule has 3 nitrogen and oxygen atoms in total. The van der Waals surface area contributed by atoms with Crippen LogP contribution in [0.2, 0.25) is 5.02 Å². The van der Waals surface area contributed by atoms with E-state index in [1.807, 2.05) is 12.1 Å². The molecule has 1 aliphatic heterocycles. The van der Waals surface area contributed by atoms with Crippen molar-refractivity contribution in [2.24, 2.45) is 0 Å². The summed E-state index contributed by atoms with van der Waals surface area (Å²) in [5, 5.41) is 5.30. The second-order valence-electron chi connectivity index (χ2n) is 5.34. The third-order valence-electron chi connectivity index (χ3n) is 3.85. The van der Waals surface area contributed by atoms with Crippen molar-refractivity contribution in [2.75, 3.05) is 5.75 Å². The molecule has 0 atom stereocenters. The van der Waals surface area contributed by atoms with Crippen molar-refractivity contribution in [3.8, 4) is 16.9 Å². The molecule has 2 heterocycles. The van der Waals surface area contributed by atoms with Gasteiger partial charge in [0.2, 0.25) is 0 Å². The number of benzene rings is 2. The van der Waals surface area contributed by atoms with Crippen LogP contribution in [0.3, 0.4) is 0 Å². The summed E-state index contributed by atoms with van der Waals surface area (Å²) in [5.41, 5.74) is 3.59. The third-order valence-corrected chi connectivity index (χ3v) is 5.18. The molecule has 0 unspecified atom stereocenters.